The van der Waals surface area contributed by atoms with Crippen molar-refractivity contribution < 1.29 is 18.3 Å². The van der Waals surface area contributed by atoms with Gasteiger partial charge in [0.2, 0.25) is 0 Å². The molecular weight excluding hydrogens is 302 g/mol. The van der Waals surface area contributed by atoms with E-state index in [1.165, 1.54) is 62.8 Å². The van der Waals surface area contributed by atoms with Crippen molar-refractivity contribution in [1.29, 1.82) is 0 Å². The van der Waals surface area contributed by atoms with E-state index in [1.807, 2.05) is 0 Å². The summed E-state index contributed by atoms with van der Waals surface area (Å²) in [6.45, 7) is -1.57. The third-order valence-electron chi connectivity index (χ3n) is 4.04. The van der Waals surface area contributed by atoms with Crippen LogP contribution < -0.4 is 15.4 Å². The maximum atomic E-state index is 12.1. The van der Waals surface area contributed by atoms with Gasteiger partial charge in [0.15, 0.2) is 0 Å². The van der Waals surface area contributed by atoms with Crippen LogP contribution in [0.5, 0.6) is 5.75 Å². The highest BCUT2D eigenvalue weighted by molar-refractivity contribution is 5.94. The second kappa shape index (κ2) is 9.45. The van der Waals surface area contributed by atoms with Gasteiger partial charge >= 0.3 is 6.61 Å². The average Bonchev–Trinajstić information content (AvgIpc) is 2.80. The van der Waals surface area contributed by atoms with Crippen molar-refractivity contribution in [2.75, 3.05) is 13.1 Å². The number of amides is 1. The van der Waals surface area contributed by atoms with Crippen molar-refractivity contribution >= 4 is 5.91 Å². The maximum Gasteiger partial charge on any atom is 0.387 e. The molecule has 23 heavy (non-hydrogen) atoms. The molecule has 1 saturated carbocycles. The minimum Gasteiger partial charge on any atom is -0.435 e. The molecule has 0 aliphatic heterocycles. The van der Waals surface area contributed by atoms with E-state index in [4.69, 9.17) is 0 Å². The molecule has 2 rings (SSSR count). The van der Waals surface area contributed by atoms with E-state index in [0.29, 0.717) is 18.2 Å². The van der Waals surface area contributed by atoms with Gasteiger partial charge in [-0.25, -0.2) is 0 Å². The van der Waals surface area contributed by atoms with Gasteiger partial charge in [0.05, 0.1) is 0 Å². The number of rotatable bonds is 7. The number of carbonyl (C=O) groups excluding carboxylic acids is 1. The van der Waals surface area contributed by atoms with Gasteiger partial charge in [-0.15, -0.1) is 0 Å². The van der Waals surface area contributed by atoms with Gasteiger partial charge in [-0.1, -0.05) is 25.7 Å². The van der Waals surface area contributed by atoms with Crippen LogP contribution in [-0.2, 0) is 0 Å². The Hall–Kier alpha value is -1.69. The van der Waals surface area contributed by atoms with Crippen molar-refractivity contribution in [1.82, 2.24) is 10.6 Å². The van der Waals surface area contributed by atoms with Gasteiger partial charge in [0, 0.05) is 24.7 Å². The molecule has 1 aliphatic rings. The second-order valence-electron chi connectivity index (χ2n) is 5.80. The van der Waals surface area contributed by atoms with E-state index in [1.54, 1.807) is 0 Å². The number of hydrogen-bond acceptors (Lipinski definition) is 3. The maximum absolute atomic E-state index is 12.1. The first-order valence-corrected chi connectivity index (χ1v) is 8.21. The molecule has 128 valence electrons. The van der Waals surface area contributed by atoms with Gasteiger partial charge in [0.25, 0.3) is 5.91 Å². The first-order valence-electron chi connectivity index (χ1n) is 8.21. The molecule has 1 amide bonds. The van der Waals surface area contributed by atoms with E-state index in [2.05, 4.69) is 15.4 Å². The number of hydrogen-bond donors (Lipinski definition) is 2. The molecular formula is C17H24F2N2O2. The molecule has 0 aromatic heterocycles. The van der Waals surface area contributed by atoms with Crippen LogP contribution in [0, 0.1) is 0 Å². The number of alkyl halides is 2. The number of ether oxygens (including phenoxy) is 1. The van der Waals surface area contributed by atoms with Gasteiger partial charge in [-0.2, -0.15) is 8.78 Å². The topological polar surface area (TPSA) is 50.4 Å². The van der Waals surface area contributed by atoms with Gasteiger partial charge in [0.1, 0.15) is 5.75 Å². The highest BCUT2D eigenvalue weighted by Gasteiger charge is 2.11. The lowest BCUT2D eigenvalue weighted by Gasteiger charge is -2.16. The normalized spacial score (nSPS) is 16.1. The number of carbonyl (C=O) groups is 1. The molecule has 4 nitrogen and oxygen atoms in total. The number of halogens is 2. The zero-order chi connectivity index (χ0) is 16.5. The van der Waals surface area contributed by atoms with Gasteiger partial charge in [-0.05, 0) is 37.1 Å². The zero-order valence-electron chi connectivity index (χ0n) is 13.2. The minimum atomic E-state index is -2.86. The summed E-state index contributed by atoms with van der Waals surface area (Å²) in [5.74, 6) is -0.164. The van der Waals surface area contributed by atoms with Crippen molar-refractivity contribution in [3.05, 3.63) is 29.8 Å². The summed E-state index contributed by atoms with van der Waals surface area (Å²) in [4.78, 5) is 12.0. The fourth-order valence-corrected chi connectivity index (χ4v) is 2.83. The molecule has 0 spiro atoms. The second-order valence-corrected chi connectivity index (χ2v) is 5.80. The zero-order valence-corrected chi connectivity index (χ0v) is 13.2. The summed E-state index contributed by atoms with van der Waals surface area (Å²) >= 11 is 0. The van der Waals surface area contributed by atoms with E-state index < -0.39 is 6.61 Å². The summed E-state index contributed by atoms with van der Waals surface area (Å²) in [5, 5.41) is 6.31. The Kier molecular flexibility index (Phi) is 7.26. The Labute approximate surface area is 135 Å². The summed E-state index contributed by atoms with van der Waals surface area (Å²) in [5.41, 5.74) is 0.432. The van der Waals surface area contributed by atoms with Crippen molar-refractivity contribution in [3.8, 4) is 5.75 Å². The smallest absolute Gasteiger partial charge is 0.387 e. The third-order valence-corrected chi connectivity index (χ3v) is 4.04. The van der Waals surface area contributed by atoms with Crippen LogP contribution >= 0.6 is 0 Å². The standard InChI is InChI=1S/C17H24F2N2O2/c18-17(19)23-15-9-7-13(8-10-15)16(22)21-12-11-20-14-5-3-1-2-4-6-14/h7-10,14,17,20H,1-6,11-12H2,(H,21,22). The van der Waals surface area contributed by atoms with Crippen LogP contribution in [0.4, 0.5) is 8.78 Å². The molecule has 1 fully saturated rings. The van der Waals surface area contributed by atoms with Crippen molar-refractivity contribution in [2.24, 2.45) is 0 Å². The molecule has 0 saturated heterocycles. The summed E-state index contributed by atoms with van der Waals surface area (Å²) < 4.78 is 28.4. The Bertz CT molecular complexity index is 472. The Balaban J connectivity index is 1.67. The van der Waals surface area contributed by atoms with Crippen LogP contribution in [0.25, 0.3) is 0 Å². The van der Waals surface area contributed by atoms with Crippen LogP contribution in [0.1, 0.15) is 48.9 Å². The minimum absolute atomic E-state index is 0.0478. The van der Waals surface area contributed by atoms with Crippen LogP contribution in [0.15, 0.2) is 24.3 Å². The molecule has 0 heterocycles. The lowest BCUT2D eigenvalue weighted by atomic mass is 10.1. The Morgan fingerprint density at radius 3 is 2.35 bits per heavy atom. The molecule has 1 aromatic carbocycles. The largest absolute Gasteiger partial charge is 0.435 e. The Morgan fingerprint density at radius 2 is 1.74 bits per heavy atom. The van der Waals surface area contributed by atoms with Crippen molar-refractivity contribution in [2.45, 2.75) is 51.2 Å². The first-order chi connectivity index (χ1) is 11.1. The highest BCUT2D eigenvalue weighted by Crippen LogP contribution is 2.17. The third kappa shape index (κ3) is 6.52. The van der Waals surface area contributed by atoms with E-state index in [9.17, 15) is 13.6 Å². The molecule has 1 aliphatic carbocycles. The fourth-order valence-electron chi connectivity index (χ4n) is 2.83. The van der Waals surface area contributed by atoms with E-state index in [-0.39, 0.29) is 11.7 Å². The first kappa shape index (κ1) is 17.7. The van der Waals surface area contributed by atoms with Crippen molar-refractivity contribution in [3.63, 3.8) is 0 Å². The molecule has 2 N–H and O–H groups in total. The monoisotopic (exact) mass is 326 g/mol. The lowest BCUT2D eigenvalue weighted by molar-refractivity contribution is -0.0498. The summed E-state index contributed by atoms with van der Waals surface area (Å²) in [7, 11) is 0. The lowest BCUT2D eigenvalue weighted by Crippen LogP contribution is -2.36. The average molecular weight is 326 g/mol. The quantitative estimate of drug-likeness (QED) is 0.597. The predicted octanol–water partition coefficient (Wildman–Crippen LogP) is 3.33. The molecule has 0 unspecified atom stereocenters. The fraction of sp³-hybridized carbons (Fsp3) is 0.588. The SMILES string of the molecule is O=C(NCCNC1CCCCCC1)c1ccc(OC(F)F)cc1. The molecule has 6 heteroatoms. The molecule has 0 bridgehead atoms. The predicted molar refractivity (Wildman–Crippen MR) is 84.9 cm³/mol. The van der Waals surface area contributed by atoms with Crippen LogP contribution in [0.2, 0.25) is 0 Å². The molecule has 1 aromatic rings. The number of nitrogens with one attached hydrogen (secondary N) is 2. The molecule has 0 radical (unpaired) electrons. The number of benzene rings is 1. The van der Waals surface area contributed by atoms with Gasteiger partial charge < -0.3 is 15.4 Å². The van der Waals surface area contributed by atoms with E-state index in [0.717, 1.165) is 6.54 Å². The Morgan fingerprint density at radius 1 is 1.09 bits per heavy atom. The summed E-state index contributed by atoms with van der Waals surface area (Å²) in [6, 6.07) is 6.24. The highest BCUT2D eigenvalue weighted by atomic mass is 19.3. The van der Waals surface area contributed by atoms with Crippen LogP contribution in [0.3, 0.4) is 0 Å². The van der Waals surface area contributed by atoms with E-state index >= 15 is 0 Å². The van der Waals surface area contributed by atoms with Crippen LogP contribution in [-0.4, -0.2) is 31.7 Å². The molecule has 0 atom stereocenters. The summed E-state index contributed by atoms with van der Waals surface area (Å²) in [6.07, 6.45) is 7.60. The van der Waals surface area contributed by atoms with Gasteiger partial charge in [-0.3, -0.25) is 4.79 Å².